The maximum absolute atomic E-state index is 12.6. The highest BCUT2D eigenvalue weighted by Gasteiger charge is 2.61. The highest BCUT2D eigenvalue weighted by atomic mass is 16.7. The molecule has 4 aliphatic rings. The van der Waals surface area contributed by atoms with Gasteiger partial charge in [-0.1, -0.05) is 13.3 Å². The first-order valence-electron chi connectivity index (χ1n) is 11.1. The summed E-state index contributed by atoms with van der Waals surface area (Å²) in [4.78, 5) is 12.6. The Morgan fingerprint density at radius 3 is 2.56 bits per heavy atom. The molecule has 8 atom stereocenters. The van der Waals surface area contributed by atoms with E-state index in [2.05, 4.69) is 6.92 Å². The number of carbonyl (C=O) groups excluding carboxylic acids is 1. The Labute approximate surface area is 164 Å². The van der Waals surface area contributed by atoms with Gasteiger partial charge in [-0.2, -0.15) is 0 Å². The Morgan fingerprint density at radius 2 is 1.85 bits per heavy atom. The second-order valence-electron chi connectivity index (χ2n) is 10.1. The fourth-order valence-electron chi connectivity index (χ4n) is 8.07. The van der Waals surface area contributed by atoms with Crippen LogP contribution in [0.25, 0.3) is 0 Å². The van der Waals surface area contributed by atoms with E-state index in [4.69, 9.17) is 14.2 Å². The molecule has 154 valence electrons. The average molecular weight is 379 g/mol. The van der Waals surface area contributed by atoms with Crippen molar-refractivity contribution in [1.82, 2.24) is 0 Å². The molecule has 4 fully saturated rings. The third kappa shape index (κ3) is 3.02. The molecule has 0 heterocycles. The molecule has 0 unspecified atom stereocenters. The molecule has 4 nitrogen and oxygen atoms in total. The van der Waals surface area contributed by atoms with Crippen molar-refractivity contribution in [3.63, 3.8) is 0 Å². The second-order valence-corrected chi connectivity index (χ2v) is 10.1. The standard InChI is InChI=1S/C23H38O4/c1-15(24)23-10-5-6-19(23)17-8-7-16-12-20(27-14-25-3)21(26-4)13-22(16,2)18(17)9-11-23/h16-21H,5-14H2,1-4H3/t16-,17+,18-,19-,20-,21-,22-,23-/m0/s1. The van der Waals surface area contributed by atoms with Gasteiger partial charge < -0.3 is 14.2 Å². The SMILES string of the molecule is COCO[C@H]1C[C@@H]2CC[C@H]3[C@@H]4CCC[C@@]4(C(C)=O)CC[C@@H]3[C@@]2(C)C[C@@H]1OC. The summed E-state index contributed by atoms with van der Waals surface area (Å²) in [5.41, 5.74) is 0.339. The number of methoxy groups -OCH3 is 2. The van der Waals surface area contributed by atoms with E-state index in [1.54, 1.807) is 7.11 Å². The van der Waals surface area contributed by atoms with Gasteiger partial charge in [0, 0.05) is 19.6 Å². The molecule has 0 amide bonds. The van der Waals surface area contributed by atoms with E-state index in [0.29, 0.717) is 29.8 Å². The molecule has 0 aliphatic heterocycles. The van der Waals surface area contributed by atoms with Crippen LogP contribution in [-0.4, -0.2) is 39.0 Å². The van der Waals surface area contributed by atoms with Crippen molar-refractivity contribution in [1.29, 1.82) is 0 Å². The van der Waals surface area contributed by atoms with Crippen molar-refractivity contribution < 1.29 is 19.0 Å². The van der Waals surface area contributed by atoms with Gasteiger partial charge in [0.1, 0.15) is 12.6 Å². The van der Waals surface area contributed by atoms with E-state index < -0.39 is 0 Å². The zero-order chi connectivity index (χ0) is 19.2. The first-order chi connectivity index (χ1) is 13.0. The first-order valence-corrected chi connectivity index (χ1v) is 11.1. The molecule has 4 heteroatoms. The number of rotatable bonds is 5. The number of carbonyl (C=O) groups is 1. The highest BCUT2D eigenvalue weighted by Crippen LogP contribution is 2.66. The molecule has 0 spiro atoms. The zero-order valence-electron chi connectivity index (χ0n) is 17.7. The van der Waals surface area contributed by atoms with Crippen LogP contribution in [0.2, 0.25) is 0 Å². The molecule has 0 radical (unpaired) electrons. The Balaban J connectivity index is 1.57. The lowest BCUT2D eigenvalue weighted by atomic mass is 9.44. The van der Waals surface area contributed by atoms with Gasteiger partial charge in [0.15, 0.2) is 0 Å². The Morgan fingerprint density at radius 1 is 1.04 bits per heavy atom. The van der Waals surface area contributed by atoms with E-state index in [1.807, 2.05) is 14.0 Å². The van der Waals surface area contributed by atoms with Crippen LogP contribution >= 0.6 is 0 Å². The van der Waals surface area contributed by atoms with Crippen LogP contribution in [-0.2, 0) is 19.0 Å². The number of ketones is 1. The molecule has 0 saturated heterocycles. The quantitative estimate of drug-likeness (QED) is 0.656. The Kier molecular flexibility index (Phi) is 5.46. The topological polar surface area (TPSA) is 44.8 Å². The van der Waals surface area contributed by atoms with Crippen molar-refractivity contribution in [2.45, 2.75) is 83.8 Å². The molecule has 0 aromatic heterocycles. The van der Waals surface area contributed by atoms with Crippen molar-refractivity contribution in [2.24, 2.45) is 34.5 Å². The lowest BCUT2D eigenvalue weighted by molar-refractivity contribution is -0.195. The third-order valence-electron chi connectivity index (χ3n) is 9.39. The van der Waals surface area contributed by atoms with Crippen LogP contribution in [0, 0.1) is 34.5 Å². The predicted octanol–water partition coefficient (Wildman–Crippen LogP) is 4.60. The molecule has 0 aromatic carbocycles. The van der Waals surface area contributed by atoms with Crippen LogP contribution in [0.3, 0.4) is 0 Å². The maximum Gasteiger partial charge on any atom is 0.146 e. The van der Waals surface area contributed by atoms with E-state index in [9.17, 15) is 4.79 Å². The molecule has 0 N–H and O–H groups in total. The maximum atomic E-state index is 12.6. The second kappa shape index (κ2) is 7.42. The van der Waals surface area contributed by atoms with Gasteiger partial charge in [-0.3, -0.25) is 4.79 Å². The molecule has 4 aliphatic carbocycles. The first kappa shape index (κ1) is 19.8. The fraction of sp³-hybridized carbons (Fsp3) is 0.957. The van der Waals surface area contributed by atoms with Crippen molar-refractivity contribution in [2.75, 3.05) is 21.0 Å². The molecule has 4 rings (SSSR count). The van der Waals surface area contributed by atoms with Crippen molar-refractivity contribution in [3.05, 3.63) is 0 Å². The van der Waals surface area contributed by atoms with Gasteiger partial charge in [0.2, 0.25) is 0 Å². The van der Waals surface area contributed by atoms with E-state index in [1.165, 1.54) is 32.1 Å². The molecular formula is C23H38O4. The van der Waals surface area contributed by atoms with Crippen LogP contribution in [0.1, 0.15) is 71.6 Å². The lowest BCUT2D eigenvalue weighted by Crippen LogP contribution is -2.57. The summed E-state index contributed by atoms with van der Waals surface area (Å²) < 4.78 is 17.1. The van der Waals surface area contributed by atoms with Gasteiger partial charge in [0.05, 0.1) is 12.2 Å². The van der Waals surface area contributed by atoms with E-state index in [0.717, 1.165) is 37.5 Å². The largest absolute Gasteiger partial charge is 0.379 e. The fourth-order valence-corrected chi connectivity index (χ4v) is 8.07. The number of hydrogen-bond donors (Lipinski definition) is 0. The summed E-state index contributed by atoms with van der Waals surface area (Å²) in [5.74, 6) is 3.29. The van der Waals surface area contributed by atoms with Crippen LogP contribution in [0.5, 0.6) is 0 Å². The van der Waals surface area contributed by atoms with Crippen molar-refractivity contribution >= 4 is 5.78 Å². The molecular weight excluding hydrogens is 340 g/mol. The van der Waals surface area contributed by atoms with Crippen LogP contribution in [0.4, 0.5) is 0 Å². The smallest absolute Gasteiger partial charge is 0.146 e. The van der Waals surface area contributed by atoms with Crippen molar-refractivity contribution in [3.8, 4) is 0 Å². The molecule has 0 bridgehead atoms. The lowest BCUT2D eigenvalue weighted by Gasteiger charge is -2.61. The van der Waals surface area contributed by atoms with Gasteiger partial charge in [-0.05, 0) is 87.4 Å². The van der Waals surface area contributed by atoms with E-state index >= 15 is 0 Å². The molecule has 27 heavy (non-hydrogen) atoms. The normalized spacial score (nSPS) is 49.2. The van der Waals surface area contributed by atoms with Gasteiger partial charge in [0.25, 0.3) is 0 Å². The summed E-state index contributed by atoms with van der Waals surface area (Å²) >= 11 is 0. The summed E-state index contributed by atoms with van der Waals surface area (Å²) in [6.07, 6.45) is 11.1. The summed E-state index contributed by atoms with van der Waals surface area (Å²) in [7, 11) is 3.52. The highest BCUT2D eigenvalue weighted by molar-refractivity contribution is 5.83. The van der Waals surface area contributed by atoms with Gasteiger partial charge >= 0.3 is 0 Å². The van der Waals surface area contributed by atoms with Crippen LogP contribution in [0.15, 0.2) is 0 Å². The summed E-state index contributed by atoms with van der Waals surface area (Å²) in [6, 6.07) is 0. The third-order valence-corrected chi connectivity index (χ3v) is 9.39. The minimum absolute atomic E-state index is 0.0177. The van der Waals surface area contributed by atoms with E-state index in [-0.39, 0.29) is 17.6 Å². The minimum Gasteiger partial charge on any atom is -0.379 e. The number of hydrogen-bond acceptors (Lipinski definition) is 4. The van der Waals surface area contributed by atoms with Crippen LogP contribution < -0.4 is 0 Å². The zero-order valence-corrected chi connectivity index (χ0v) is 17.7. The Hall–Kier alpha value is -0.450. The number of fused-ring (bicyclic) bond motifs is 5. The molecule has 4 saturated carbocycles. The summed E-state index contributed by atoms with van der Waals surface area (Å²) in [5, 5.41) is 0. The predicted molar refractivity (Wildman–Crippen MR) is 104 cm³/mol. The molecule has 0 aromatic rings. The monoisotopic (exact) mass is 378 g/mol. The number of Topliss-reactive ketones (excluding diaryl/α,β-unsaturated/α-hetero) is 1. The minimum atomic E-state index is 0.0177. The average Bonchev–Trinajstić information content (AvgIpc) is 3.11. The van der Waals surface area contributed by atoms with Gasteiger partial charge in [-0.25, -0.2) is 0 Å². The van der Waals surface area contributed by atoms with Gasteiger partial charge in [-0.15, -0.1) is 0 Å². The number of ether oxygens (including phenoxy) is 3. The Bertz CT molecular complexity index is 563. The summed E-state index contributed by atoms with van der Waals surface area (Å²) in [6.45, 7) is 4.75.